The normalized spacial score (nSPS) is 13.5. The molecule has 37 heavy (non-hydrogen) atoms. The minimum atomic E-state index is -0.376. The molecule has 1 N–H and O–H groups in total. The topological polar surface area (TPSA) is 133 Å². The van der Waals surface area contributed by atoms with Gasteiger partial charge in [-0.15, -0.1) is 0 Å². The molecule has 0 atom stereocenters. The Kier molecular flexibility index (Phi) is 5.40. The molecule has 186 valence electrons. The zero-order valence-corrected chi connectivity index (χ0v) is 20.0. The first-order valence-electron chi connectivity index (χ1n) is 11.5. The summed E-state index contributed by atoms with van der Waals surface area (Å²) in [5.74, 6) is 0.525. The van der Waals surface area contributed by atoms with Gasteiger partial charge in [0.2, 0.25) is 11.7 Å². The second-order valence-electron chi connectivity index (χ2n) is 8.74. The van der Waals surface area contributed by atoms with Gasteiger partial charge in [0.05, 0.1) is 31.2 Å². The Morgan fingerprint density at radius 1 is 1.19 bits per heavy atom. The molecule has 5 aromatic rings. The van der Waals surface area contributed by atoms with Crippen molar-refractivity contribution < 1.29 is 18.8 Å². The number of ether oxygens (including phenoxy) is 1. The largest absolute Gasteiger partial charge is 0.453 e. The molecule has 4 aromatic heterocycles. The van der Waals surface area contributed by atoms with Gasteiger partial charge in [0.1, 0.15) is 11.3 Å². The summed E-state index contributed by atoms with van der Waals surface area (Å²) in [5, 5.41) is 7.08. The molecule has 0 aliphatic carbocycles. The summed E-state index contributed by atoms with van der Waals surface area (Å²) in [6, 6.07) is 9.32. The van der Waals surface area contributed by atoms with Crippen molar-refractivity contribution in [3.63, 3.8) is 0 Å². The van der Waals surface area contributed by atoms with E-state index < -0.39 is 0 Å². The van der Waals surface area contributed by atoms with Crippen LogP contribution in [0.15, 0.2) is 66.0 Å². The van der Waals surface area contributed by atoms with E-state index in [4.69, 9.17) is 9.26 Å². The lowest BCUT2D eigenvalue weighted by Crippen LogP contribution is -2.48. The van der Waals surface area contributed by atoms with Crippen LogP contribution in [0, 0.1) is 6.92 Å². The molecular weight excluding hydrogens is 476 g/mol. The van der Waals surface area contributed by atoms with E-state index in [1.54, 1.807) is 28.0 Å². The number of carbonyl (C=O) groups is 2. The monoisotopic (exact) mass is 498 g/mol. The number of hydrogen-bond donors (Lipinski definition) is 1. The lowest BCUT2D eigenvalue weighted by molar-refractivity contribution is 0.0804. The molecule has 1 fully saturated rings. The summed E-state index contributed by atoms with van der Waals surface area (Å²) in [4.78, 5) is 39.3. The van der Waals surface area contributed by atoms with Gasteiger partial charge >= 0.3 is 6.09 Å². The zero-order chi connectivity index (χ0) is 25.5. The first-order valence-corrected chi connectivity index (χ1v) is 11.5. The van der Waals surface area contributed by atoms with Crippen molar-refractivity contribution in [2.24, 2.45) is 0 Å². The van der Waals surface area contributed by atoms with Gasteiger partial charge in [-0.2, -0.15) is 4.98 Å². The summed E-state index contributed by atoms with van der Waals surface area (Å²) >= 11 is 0. The molecule has 5 heterocycles. The predicted octanol–water partition coefficient (Wildman–Crippen LogP) is 3.30. The molecule has 0 saturated carbocycles. The number of carbonyl (C=O) groups excluding carboxylic acids is 2. The quantitative estimate of drug-likeness (QED) is 0.390. The maximum Gasteiger partial charge on any atom is 0.409 e. The molecule has 1 aliphatic rings. The van der Waals surface area contributed by atoms with Crippen LogP contribution in [0.4, 0.5) is 10.5 Å². The van der Waals surface area contributed by atoms with Gasteiger partial charge in [0.15, 0.2) is 0 Å². The number of nitrogens with one attached hydrogen (secondary N) is 1. The SMILES string of the molecule is COC(=O)N1CC(c2nc(-c3ccc(C)c(NC(=O)c4cnc5ccc(-n6ccnc6)cn45)c3)no2)C1. The number of fused-ring (bicyclic) bond motifs is 1. The molecule has 1 saturated heterocycles. The van der Waals surface area contributed by atoms with Crippen LogP contribution >= 0.6 is 0 Å². The minimum absolute atomic E-state index is 0.0349. The number of nitrogens with zero attached hydrogens (tertiary/aromatic N) is 7. The predicted molar refractivity (Wildman–Crippen MR) is 131 cm³/mol. The lowest BCUT2D eigenvalue weighted by Gasteiger charge is -2.35. The fraction of sp³-hybridized carbons (Fsp3) is 0.200. The van der Waals surface area contributed by atoms with E-state index in [1.165, 1.54) is 7.11 Å². The van der Waals surface area contributed by atoms with Crippen LogP contribution in [0.3, 0.4) is 0 Å². The number of imidazole rings is 2. The van der Waals surface area contributed by atoms with Crippen molar-refractivity contribution in [3.8, 4) is 17.1 Å². The summed E-state index contributed by atoms with van der Waals surface area (Å²) < 4.78 is 13.8. The third-order valence-electron chi connectivity index (χ3n) is 6.37. The van der Waals surface area contributed by atoms with E-state index in [9.17, 15) is 9.59 Å². The van der Waals surface area contributed by atoms with E-state index in [0.29, 0.717) is 47.4 Å². The summed E-state index contributed by atoms with van der Waals surface area (Å²) in [6.07, 6.45) is 8.22. The van der Waals surface area contributed by atoms with Crippen molar-refractivity contribution in [1.29, 1.82) is 0 Å². The molecule has 1 aromatic carbocycles. The second-order valence-corrected chi connectivity index (χ2v) is 8.74. The summed E-state index contributed by atoms with van der Waals surface area (Å²) in [6.45, 7) is 2.83. The number of likely N-dealkylation sites (tertiary alicyclic amines) is 1. The van der Waals surface area contributed by atoms with Crippen molar-refractivity contribution in [2.45, 2.75) is 12.8 Å². The maximum absolute atomic E-state index is 13.3. The van der Waals surface area contributed by atoms with Gasteiger partial charge in [-0.3, -0.25) is 9.20 Å². The van der Waals surface area contributed by atoms with Crippen LogP contribution in [0.25, 0.3) is 22.7 Å². The number of anilines is 1. The number of rotatable bonds is 5. The fourth-order valence-electron chi connectivity index (χ4n) is 4.22. The molecular formula is C25H22N8O4. The maximum atomic E-state index is 13.3. The summed E-state index contributed by atoms with van der Waals surface area (Å²) in [5.41, 5.74) is 4.09. The third-order valence-corrected chi connectivity index (χ3v) is 6.37. The Labute approximate surface area is 210 Å². The Balaban J connectivity index is 1.22. The van der Waals surface area contributed by atoms with E-state index in [0.717, 1.165) is 11.3 Å². The number of amides is 2. The highest BCUT2D eigenvalue weighted by Crippen LogP contribution is 2.29. The smallest absolute Gasteiger partial charge is 0.409 e. The Morgan fingerprint density at radius 3 is 2.84 bits per heavy atom. The standard InChI is InChI=1S/C25H22N8O4/c1-15-3-4-16(22-29-24(37-30-22)17-11-32(12-17)25(35)36-2)9-19(15)28-23(34)20-10-27-21-6-5-18(13-33(20)21)31-8-7-26-14-31/h3-10,13-14,17H,11-12H2,1-2H3,(H,28,34). The van der Waals surface area contributed by atoms with Gasteiger partial charge in [-0.25, -0.2) is 14.8 Å². The molecule has 0 bridgehead atoms. The number of benzene rings is 1. The van der Waals surface area contributed by atoms with E-state index in [-0.39, 0.29) is 17.9 Å². The minimum Gasteiger partial charge on any atom is -0.453 e. The first-order chi connectivity index (χ1) is 18.0. The number of methoxy groups -OCH3 is 1. The number of hydrogen-bond acceptors (Lipinski definition) is 8. The molecule has 6 rings (SSSR count). The molecule has 0 spiro atoms. The van der Waals surface area contributed by atoms with Gasteiger partial charge in [0, 0.05) is 42.9 Å². The van der Waals surface area contributed by atoms with Gasteiger partial charge in [-0.1, -0.05) is 17.3 Å². The lowest BCUT2D eigenvalue weighted by atomic mass is 10.0. The molecule has 1 aliphatic heterocycles. The number of aromatic nitrogens is 6. The van der Waals surface area contributed by atoms with Crippen LogP contribution in [-0.4, -0.2) is 66.2 Å². The van der Waals surface area contributed by atoms with Crippen LogP contribution < -0.4 is 5.32 Å². The third kappa shape index (κ3) is 4.07. The van der Waals surface area contributed by atoms with E-state index in [2.05, 4.69) is 25.4 Å². The van der Waals surface area contributed by atoms with Crippen molar-refractivity contribution in [1.82, 2.24) is 34.0 Å². The van der Waals surface area contributed by atoms with E-state index >= 15 is 0 Å². The van der Waals surface area contributed by atoms with Gasteiger partial charge in [-0.05, 0) is 30.7 Å². The van der Waals surface area contributed by atoms with Crippen LogP contribution in [0.1, 0.15) is 27.9 Å². The average Bonchev–Trinajstić information content (AvgIpc) is 3.65. The number of aryl methyl sites for hydroxylation is 1. The highest BCUT2D eigenvalue weighted by atomic mass is 16.5. The van der Waals surface area contributed by atoms with Crippen molar-refractivity contribution in [2.75, 3.05) is 25.5 Å². The van der Waals surface area contributed by atoms with Crippen molar-refractivity contribution >= 4 is 23.3 Å². The summed E-state index contributed by atoms with van der Waals surface area (Å²) in [7, 11) is 1.35. The Morgan fingerprint density at radius 2 is 2.05 bits per heavy atom. The van der Waals surface area contributed by atoms with Crippen LogP contribution in [0.5, 0.6) is 0 Å². The Bertz CT molecular complexity index is 1610. The van der Waals surface area contributed by atoms with Crippen LogP contribution in [0.2, 0.25) is 0 Å². The molecule has 12 heteroatoms. The van der Waals surface area contributed by atoms with Gasteiger partial charge in [0.25, 0.3) is 5.91 Å². The molecule has 12 nitrogen and oxygen atoms in total. The molecule has 0 radical (unpaired) electrons. The van der Waals surface area contributed by atoms with Crippen molar-refractivity contribution in [3.05, 3.63) is 78.6 Å². The highest BCUT2D eigenvalue weighted by Gasteiger charge is 2.36. The zero-order valence-electron chi connectivity index (χ0n) is 20.0. The Hall–Kier alpha value is -5.00. The second kappa shape index (κ2) is 8.90. The molecule has 0 unspecified atom stereocenters. The highest BCUT2D eigenvalue weighted by molar-refractivity contribution is 6.04. The first kappa shape index (κ1) is 22.5. The molecule has 2 amide bonds. The van der Waals surface area contributed by atoms with E-state index in [1.807, 2.05) is 54.2 Å². The number of pyridine rings is 1. The average molecular weight is 499 g/mol. The fourth-order valence-corrected chi connectivity index (χ4v) is 4.22. The van der Waals surface area contributed by atoms with Crippen LogP contribution in [-0.2, 0) is 4.74 Å². The van der Waals surface area contributed by atoms with Gasteiger partial charge < -0.3 is 24.0 Å².